The molecule has 1 saturated heterocycles. The highest BCUT2D eigenvalue weighted by molar-refractivity contribution is 7.87. The van der Waals surface area contributed by atoms with Crippen molar-refractivity contribution in [2.75, 3.05) is 13.7 Å². The van der Waals surface area contributed by atoms with E-state index >= 15 is 0 Å². The number of amides is 1. The topological polar surface area (TPSA) is 104 Å². The average Bonchev–Trinajstić information content (AvgIpc) is 2.85. The third-order valence-corrected chi connectivity index (χ3v) is 6.41. The number of hydrogen-bond donors (Lipinski definition) is 1. The molecule has 3 rings (SSSR count). The molecule has 0 spiro atoms. The van der Waals surface area contributed by atoms with Crippen LogP contribution in [0.5, 0.6) is 5.75 Å². The first kappa shape index (κ1) is 20.7. The normalized spacial score (nSPS) is 18.8. The van der Waals surface area contributed by atoms with Gasteiger partial charge in [0.25, 0.3) is 5.91 Å². The summed E-state index contributed by atoms with van der Waals surface area (Å²) in [5.41, 5.74) is 1.15. The maximum Gasteiger partial charge on any atom is 0.324 e. The molecule has 1 atom stereocenters. The van der Waals surface area contributed by atoms with Gasteiger partial charge in [0.15, 0.2) is 0 Å². The van der Waals surface area contributed by atoms with Crippen molar-refractivity contribution in [3.05, 3.63) is 65.5 Å². The van der Waals surface area contributed by atoms with E-state index in [0.717, 1.165) is 4.31 Å². The number of carbonyl (C=O) groups excluding carboxylic acids is 1. The highest BCUT2D eigenvalue weighted by Crippen LogP contribution is 2.29. The second kappa shape index (κ2) is 8.18. The summed E-state index contributed by atoms with van der Waals surface area (Å²) in [6, 6.07) is 10.8. The first-order chi connectivity index (χ1) is 13.7. The van der Waals surface area contributed by atoms with Crippen molar-refractivity contribution in [1.82, 2.24) is 8.61 Å². The van der Waals surface area contributed by atoms with E-state index in [1.165, 1.54) is 31.4 Å². The molecule has 1 amide bonds. The molecule has 1 fully saturated rings. The van der Waals surface area contributed by atoms with Crippen molar-refractivity contribution in [3.8, 4) is 5.75 Å². The van der Waals surface area contributed by atoms with Crippen LogP contribution in [0, 0.1) is 5.82 Å². The number of nitrogens with zero attached hydrogens (tertiary/aromatic N) is 2. The zero-order valence-corrected chi connectivity index (χ0v) is 16.3. The molecule has 154 valence electrons. The van der Waals surface area contributed by atoms with Crippen LogP contribution in [0.25, 0.3) is 0 Å². The molecule has 0 unspecified atom stereocenters. The Balaban J connectivity index is 1.94. The number of aliphatic carboxylic acids is 1. The van der Waals surface area contributed by atoms with Gasteiger partial charge in [-0.25, -0.2) is 8.70 Å². The van der Waals surface area contributed by atoms with Crippen LogP contribution in [-0.4, -0.2) is 53.7 Å². The summed E-state index contributed by atoms with van der Waals surface area (Å²) in [7, 11) is -2.83. The molecule has 0 radical (unpaired) electrons. The fourth-order valence-corrected chi connectivity index (χ4v) is 4.78. The standard InChI is InChI=1S/C19H19FN2O6S/c1-28-16-8-4-14(5-9-16)11-21-17(10-13-2-6-15(20)7-3-13)19(25)22(12-18(23)24)29(21,26)27/h2-9,17H,10-12H2,1H3,(H,23,24)/t17-/m0/s1. The molecule has 10 heteroatoms. The van der Waals surface area contributed by atoms with Crippen molar-refractivity contribution in [1.29, 1.82) is 0 Å². The van der Waals surface area contributed by atoms with Crippen molar-refractivity contribution in [2.45, 2.75) is 19.0 Å². The van der Waals surface area contributed by atoms with Crippen LogP contribution in [-0.2, 0) is 32.8 Å². The van der Waals surface area contributed by atoms with Crippen LogP contribution < -0.4 is 4.74 Å². The number of rotatable bonds is 7. The van der Waals surface area contributed by atoms with Gasteiger partial charge in [0.2, 0.25) is 0 Å². The molecule has 0 aliphatic carbocycles. The lowest BCUT2D eigenvalue weighted by molar-refractivity contribution is -0.141. The maximum atomic E-state index is 13.2. The molecule has 1 heterocycles. The van der Waals surface area contributed by atoms with Gasteiger partial charge in [-0.3, -0.25) is 9.59 Å². The van der Waals surface area contributed by atoms with E-state index in [9.17, 15) is 22.4 Å². The highest BCUT2D eigenvalue weighted by atomic mass is 32.2. The molecular formula is C19H19FN2O6S. The molecule has 1 aliphatic rings. The van der Waals surface area contributed by atoms with Crippen LogP contribution in [0.3, 0.4) is 0 Å². The number of carbonyl (C=O) groups is 2. The van der Waals surface area contributed by atoms with E-state index < -0.39 is 40.5 Å². The largest absolute Gasteiger partial charge is 0.497 e. The Kier molecular flexibility index (Phi) is 5.85. The lowest BCUT2D eigenvalue weighted by atomic mass is 10.0. The number of hydrogen-bond acceptors (Lipinski definition) is 5. The molecule has 0 aromatic heterocycles. The van der Waals surface area contributed by atoms with Gasteiger partial charge >= 0.3 is 16.2 Å². The van der Waals surface area contributed by atoms with E-state index in [1.807, 2.05) is 0 Å². The summed E-state index contributed by atoms with van der Waals surface area (Å²) >= 11 is 0. The Morgan fingerprint density at radius 1 is 1.10 bits per heavy atom. The second-order valence-corrected chi connectivity index (χ2v) is 8.29. The molecule has 1 N–H and O–H groups in total. The number of ether oxygens (including phenoxy) is 1. The minimum absolute atomic E-state index is 0.00931. The van der Waals surface area contributed by atoms with Crippen molar-refractivity contribution in [2.24, 2.45) is 0 Å². The average molecular weight is 422 g/mol. The van der Waals surface area contributed by atoms with Crippen LogP contribution >= 0.6 is 0 Å². The van der Waals surface area contributed by atoms with E-state index in [4.69, 9.17) is 9.84 Å². The summed E-state index contributed by atoms with van der Waals surface area (Å²) in [5.74, 6) is -2.13. The summed E-state index contributed by atoms with van der Waals surface area (Å²) in [6.45, 7) is -1.08. The van der Waals surface area contributed by atoms with Gasteiger partial charge < -0.3 is 9.84 Å². The molecule has 2 aromatic rings. The Hall–Kier alpha value is -2.98. The van der Waals surface area contributed by atoms with Gasteiger partial charge in [-0.15, -0.1) is 0 Å². The molecule has 0 saturated carbocycles. The number of carboxylic acid groups (broad SMARTS) is 1. The fraction of sp³-hybridized carbons (Fsp3) is 0.263. The molecule has 2 aromatic carbocycles. The van der Waals surface area contributed by atoms with Crippen molar-refractivity contribution >= 4 is 22.1 Å². The second-order valence-electron chi connectivity index (χ2n) is 6.49. The zero-order chi connectivity index (χ0) is 21.2. The van der Waals surface area contributed by atoms with Gasteiger partial charge in [0, 0.05) is 6.54 Å². The summed E-state index contributed by atoms with van der Waals surface area (Å²) in [6.07, 6.45) is -0.00931. The monoisotopic (exact) mass is 422 g/mol. The van der Waals surface area contributed by atoms with Crippen LogP contribution in [0.1, 0.15) is 11.1 Å². The van der Waals surface area contributed by atoms with E-state index in [0.29, 0.717) is 21.2 Å². The number of halogens is 1. The van der Waals surface area contributed by atoms with E-state index in [-0.39, 0.29) is 13.0 Å². The molecular weight excluding hydrogens is 403 g/mol. The van der Waals surface area contributed by atoms with Gasteiger partial charge in [-0.05, 0) is 41.8 Å². The minimum Gasteiger partial charge on any atom is -0.497 e. The molecule has 0 bridgehead atoms. The first-order valence-corrected chi connectivity index (χ1v) is 10.0. The summed E-state index contributed by atoms with van der Waals surface area (Å²) < 4.78 is 45.4. The fourth-order valence-electron chi connectivity index (χ4n) is 3.11. The lowest BCUT2D eigenvalue weighted by Gasteiger charge is -2.21. The maximum absolute atomic E-state index is 13.2. The van der Waals surface area contributed by atoms with Crippen molar-refractivity contribution in [3.63, 3.8) is 0 Å². The molecule has 8 nitrogen and oxygen atoms in total. The number of benzene rings is 2. The van der Waals surface area contributed by atoms with Gasteiger partial charge in [-0.1, -0.05) is 24.3 Å². The Labute approximate surface area is 167 Å². The quantitative estimate of drug-likeness (QED) is 0.724. The predicted molar refractivity (Wildman–Crippen MR) is 101 cm³/mol. The van der Waals surface area contributed by atoms with Gasteiger partial charge in [0.05, 0.1) is 7.11 Å². The van der Waals surface area contributed by atoms with Gasteiger partial charge in [0.1, 0.15) is 24.2 Å². The van der Waals surface area contributed by atoms with E-state index in [2.05, 4.69) is 0 Å². The minimum atomic E-state index is -4.33. The SMILES string of the molecule is COc1ccc(CN2[C@@H](Cc3ccc(F)cc3)C(=O)N(CC(=O)O)S2(=O)=O)cc1. The third-order valence-electron chi connectivity index (χ3n) is 4.57. The molecule has 29 heavy (non-hydrogen) atoms. The Bertz CT molecular complexity index is 1010. The Morgan fingerprint density at radius 2 is 1.69 bits per heavy atom. The zero-order valence-electron chi connectivity index (χ0n) is 15.5. The summed E-state index contributed by atoms with van der Waals surface area (Å²) in [4.78, 5) is 23.9. The molecule has 1 aliphatic heterocycles. The van der Waals surface area contributed by atoms with Crippen LogP contribution in [0.2, 0.25) is 0 Å². The third kappa shape index (κ3) is 4.38. The number of carboxylic acids is 1. The Morgan fingerprint density at radius 3 is 2.24 bits per heavy atom. The highest BCUT2D eigenvalue weighted by Gasteiger charge is 2.50. The summed E-state index contributed by atoms with van der Waals surface area (Å²) in [5, 5.41) is 9.03. The first-order valence-electron chi connectivity index (χ1n) is 8.65. The van der Waals surface area contributed by atoms with Crippen LogP contribution in [0.4, 0.5) is 4.39 Å². The smallest absolute Gasteiger partial charge is 0.324 e. The predicted octanol–water partition coefficient (Wildman–Crippen LogP) is 1.42. The van der Waals surface area contributed by atoms with Gasteiger partial charge in [-0.2, -0.15) is 12.7 Å². The lowest BCUT2D eigenvalue weighted by Crippen LogP contribution is -2.37. The van der Waals surface area contributed by atoms with Crippen LogP contribution in [0.15, 0.2) is 48.5 Å². The van der Waals surface area contributed by atoms with Crippen molar-refractivity contribution < 1.29 is 32.2 Å². The van der Waals surface area contributed by atoms with E-state index in [1.54, 1.807) is 24.3 Å². The number of methoxy groups -OCH3 is 1.